The minimum Gasteiger partial charge on any atom is -0.480 e. The van der Waals surface area contributed by atoms with Crippen LogP contribution < -0.4 is 9.46 Å². The molecule has 0 saturated heterocycles. The van der Waals surface area contributed by atoms with Gasteiger partial charge >= 0.3 is 6.18 Å². The molecule has 1 aromatic heterocycles. The van der Waals surface area contributed by atoms with Crippen molar-refractivity contribution in [3.05, 3.63) is 46.3 Å². The fourth-order valence-corrected chi connectivity index (χ4v) is 2.87. The second-order valence-electron chi connectivity index (χ2n) is 4.22. The van der Waals surface area contributed by atoms with Crippen LogP contribution in [0.25, 0.3) is 0 Å². The maximum atomic E-state index is 13.3. The first-order valence-corrected chi connectivity index (χ1v) is 9.91. The Morgan fingerprint density at radius 2 is 1.74 bits per heavy atom. The van der Waals surface area contributed by atoms with E-state index in [1.54, 1.807) is 0 Å². The molecule has 152 valence electrons. The normalized spacial score (nSPS) is 11.3. The Kier molecular flexibility index (Phi) is 11.2. The molecule has 10 heteroatoms. The van der Waals surface area contributed by atoms with Gasteiger partial charge in [0.25, 0.3) is 0 Å². The van der Waals surface area contributed by atoms with Crippen LogP contribution in [0.3, 0.4) is 0 Å². The summed E-state index contributed by atoms with van der Waals surface area (Å²) in [7, 11) is -0.728. The predicted octanol–water partition coefficient (Wildman–Crippen LogP) is 6.20. The van der Waals surface area contributed by atoms with Gasteiger partial charge in [-0.25, -0.2) is 13.6 Å². The molecule has 1 heterocycles. The van der Waals surface area contributed by atoms with Crippen LogP contribution in [0.5, 0.6) is 5.88 Å². The Labute approximate surface area is 167 Å². The second kappa shape index (κ2) is 11.9. The number of hydrogen-bond donors (Lipinski definition) is 1. The van der Waals surface area contributed by atoms with Gasteiger partial charge in [0, 0.05) is 10.7 Å². The maximum Gasteiger partial charge on any atom is 0.419 e. The number of aromatic nitrogens is 1. The lowest BCUT2D eigenvalue weighted by molar-refractivity contribution is -0.140. The van der Waals surface area contributed by atoms with Crippen LogP contribution in [0, 0.1) is 5.82 Å². The summed E-state index contributed by atoms with van der Waals surface area (Å²) < 4.78 is 71.5. The van der Waals surface area contributed by atoms with Gasteiger partial charge < -0.3 is 4.74 Å². The molecular weight excluding hydrogens is 452 g/mol. The first-order valence-electron chi connectivity index (χ1n) is 7.97. The van der Waals surface area contributed by atoms with Crippen molar-refractivity contribution < 1.29 is 26.5 Å². The molecule has 0 amide bonds. The van der Waals surface area contributed by atoms with Gasteiger partial charge in [-0.15, -0.1) is 0 Å². The standard InChI is InChI=1S/C13H9BrF4N2O2S.2C2H6/c1-22-12-11(4-7(14)6-19-12)20-23(21)8-2-3-10(15)9(5-8)13(16,17)18;2*1-2/h2-6,20H,1H3;2*1-2H3. The van der Waals surface area contributed by atoms with Crippen molar-refractivity contribution in [2.75, 3.05) is 11.8 Å². The molecule has 0 fully saturated rings. The summed E-state index contributed by atoms with van der Waals surface area (Å²) in [6.45, 7) is 8.00. The van der Waals surface area contributed by atoms with Crippen molar-refractivity contribution in [1.29, 1.82) is 0 Å². The van der Waals surface area contributed by atoms with Crippen molar-refractivity contribution in [3.8, 4) is 5.88 Å². The lowest BCUT2D eigenvalue weighted by atomic mass is 10.2. The van der Waals surface area contributed by atoms with E-state index in [2.05, 4.69) is 25.6 Å². The minimum absolute atomic E-state index is 0.111. The summed E-state index contributed by atoms with van der Waals surface area (Å²) in [5, 5.41) is 0. The first kappa shape index (κ1) is 25.3. The fraction of sp³-hybridized carbons (Fsp3) is 0.353. The Balaban J connectivity index is 0.00000158. The summed E-state index contributed by atoms with van der Waals surface area (Å²) in [6.07, 6.45) is -3.44. The van der Waals surface area contributed by atoms with Crippen molar-refractivity contribution in [1.82, 2.24) is 4.98 Å². The molecule has 0 aliphatic carbocycles. The smallest absolute Gasteiger partial charge is 0.419 e. The van der Waals surface area contributed by atoms with E-state index in [0.29, 0.717) is 16.6 Å². The van der Waals surface area contributed by atoms with Crippen LogP contribution in [0.2, 0.25) is 0 Å². The lowest BCUT2D eigenvalue weighted by Crippen LogP contribution is -2.11. The van der Waals surface area contributed by atoms with Gasteiger partial charge in [-0.3, -0.25) is 4.72 Å². The molecule has 2 aromatic rings. The number of ether oxygens (including phenoxy) is 1. The third kappa shape index (κ3) is 7.45. The molecule has 0 aliphatic heterocycles. The van der Waals surface area contributed by atoms with Crippen LogP contribution in [-0.2, 0) is 17.2 Å². The quantitative estimate of drug-likeness (QED) is 0.539. The lowest BCUT2D eigenvalue weighted by Gasteiger charge is -2.12. The molecule has 4 nitrogen and oxygen atoms in total. The van der Waals surface area contributed by atoms with Gasteiger partial charge in [0.05, 0.1) is 17.6 Å². The monoisotopic (exact) mass is 472 g/mol. The summed E-state index contributed by atoms with van der Waals surface area (Å²) in [5.74, 6) is -1.32. The van der Waals surface area contributed by atoms with E-state index >= 15 is 0 Å². The molecule has 27 heavy (non-hydrogen) atoms. The van der Waals surface area contributed by atoms with E-state index < -0.39 is 28.5 Å². The summed E-state index contributed by atoms with van der Waals surface area (Å²) in [4.78, 5) is 3.67. The predicted molar refractivity (Wildman–Crippen MR) is 103 cm³/mol. The molecule has 1 aromatic carbocycles. The van der Waals surface area contributed by atoms with Crippen molar-refractivity contribution in [2.45, 2.75) is 38.8 Å². The van der Waals surface area contributed by atoms with Crippen LogP contribution >= 0.6 is 15.9 Å². The van der Waals surface area contributed by atoms with E-state index in [1.807, 2.05) is 27.7 Å². The highest BCUT2D eigenvalue weighted by Crippen LogP contribution is 2.33. The molecule has 2 rings (SSSR count). The average Bonchev–Trinajstić information content (AvgIpc) is 2.64. The third-order valence-corrected chi connectivity index (χ3v) is 4.19. The number of alkyl halides is 3. The minimum atomic E-state index is -4.88. The molecule has 0 radical (unpaired) electrons. The molecule has 0 aliphatic rings. The Bertz CT molecular complexity index is 758. The third-order valence-electron chi connectivity index (χ3n) is 2.67. The van der Waals surface area contributed by atoms with Crippen molar-refractivity contribution in [2.24, 2.45) is 0 Å². The maximum absolute atomic E-state index is 13.3. The number of benzene rings is 1. The number of rotatable bonds is 4. The first-order chi connectivity index (χ1) is 12.7. The Morgan fingerprint density at radius 3 is 2.26 bits per heavy atom. The zero-order chi connectivity index (χ0) is 21.2. The van der Waals surface area contributed by atoms with Gasteiger partial charge in [-0.2, -0.15) is 13.2 Å². The largest absolute Gasteiger partial charge is 0.480 e. The number of nitrogens with zero attached hydrogens (tertiary/aromatic N) is 1. The molecular formula is C17H21BrF4N2O2S. The van der Waals surface area contributed by atoms with E-state index in [4.69, 9.17) is 4.74 Å². The van der Waals surface area contributed by atoms with Crippen LogP contribution in [0.4, 0.5) is 23.2 Å². The number of pyridine rings is 1. The Morgan fingerprint density at radius 1 is 1.15 bits per heavy atom. The second-order valence-corrected chi connectivity index (χ2v) is 6.35. The fourth-order valence-electron chi connectivity index (χ4n) is 1.66. The van der Waals surface area contributed by atoms with Crippen molar-refractivity contribution >= 4 is 32.6 Å². The van der Waals surface area contributed by atoms with E-state index in [-0.39, 0.29) is 16.5 Å². The topological polar surface area (TPSA) is 51.2 Å². The molecule has 0 bridgehead atoms. The molecule has 0 saturated carbocycles. The van der Waals surface area contributed by atoms with Crippen LogP contribution in [0.1, 0.15) is 33.3 Å². The van der Waals surface area contributed by atoms with Gasteiger partial charge in [0.15, 0.2) is 0 Å². The number of nitrogens with one attached hydrogen (secondary N) is 1. The summed E-state index contributed by atoms with van der Waals surface area (Å²) in [5.41, 5.74) is -1.28. The number of anilines is 1. The highest BCUT2D eigenvalue weighted by atomic mass is 79.9. The zero-order valence-electron chi connectivity index (χ0n) is 15.4. The van der Waals surface area contributed by atoms with Gasteiger partial charge in [-0.1, -0.05) is 27.7 Å². The van der Waals surface area contributed by atoms with Crippen LogP contribution in [0.15, 0.2) is 39.8 Å². The van der Waals surface area contributed by atoms with Gasteiger partial charge in [0.1, 0.15) is 22.5 Å². The molecule has 1 N–H and O–H groups in total. The van der Waals surface area contributed by atoms with Gasteiger partial charge in [-0.05, 0) is 40.2 Å². The van der Waals surface area contributed by atoms with E-state index in [1.165, 1.54) is 19.4 Å². The van der Waals surface area contributed by atoms with Crippen molar-refractivity contribution in [3.63, 3.8) is 0 Å². The average molecular weight is 473 g/mol. The SMILES string of the molecule is CC.CC.COc1ncc(Br)cc1NS(=O)c1ccc(F)c(C(F)(F)F)c1. The Hall–Kier alpha value is -1.68. The number of hydrogen-bond acceptors (Lipinski definition) is 3. The molecule has 1 unspecified atom stereocenters. The van der Waals surface area contributed by atoms with Crippen LogP contribution in [-0.4, -0.2) is 16.3 Å². The van der Waals surface area contributed by atoms with E-state index in [0.717, 1.165) is 6.07 Å². The number of halogens is 5. The number of methoxy groups -OCH3 is 1. The highest BCUT2D eigenvalue weighted by Gasteiger charge is 2.34. The van der Waals surface area contributed by atoms with Gasteiger partial charge in [0.2, 0.25) is 5.88 Å². The zero-order valence-corrected chi connectivity index (χ0v) is 17.9. The summed E-state index contributed by atoms with van der Waals surface area (Å²) >= 11 is 3.16. The summed E-state index contributed by atoms with van der Waals surface area (Å²) in [6, 6.07) is 3.62. The molecule has 1 atom stereocenters. The molecule has 0 spiro atoms. The highest BCUT2D eigenvalue weighted by molar-refractivity contribution is 9.10. The van der Waals surface area contributed by atoms with E-state index in [9.17, 15) is 21.8 Å².